The molecular formula is C18H14N4. The molecule has 4 nitrogen and oxygen atoms in total. The molecule has 106 valence electrons. The van der Waals surface area contributed by atoms with Crippen LogP contribution in [0.15, 0.2) is 73.1 Å². The van der Waals surface area contributed by atoms with Gasteiger partial charge in [-0.25, -0.2) is 4.98 Å². The minimum absolute atomic E-state index is 0.0721. The molecule has 0 aliphatic carbocycles. The fourth-order valence-electron chi connectivity index (χ4n) is 2.23. The lowest BCUT2D eigenvalue weighted by atomic mass is 10.0. The van der Waals surface area contributed by atoms with Crippen molar-refractivity contribution in [2.75, 3.05) is 5.32 Å². The Morgan fingerprint density at radius 3 is 2.36 bits per heavy atom. The number of hydrogen-bond acceptors (Lipinski definition) is 4. The predicted octanol–water partition coefficient (Wildman–Crippen LogP) is 3.55. The van der Waals surface area contributed by atoms with Crippen molar-refractivity contribution in [2.45, 2.75) is 6.04 Å². The van der Waals surface area contributed by atoms with Gasteiger partial charge >= 0.3 is 0 Å². The first-order valence-corrected chi connectivity index (χ1v) is 6.95. The van der Waals surface area contributed by atoms with Crippen LogP contribution in [-0.2, 0) is 0 Å². The lowest BCUT2D eigenvalue weighted by Gasteiger charge is -2.19. The Labute approximate surface area is 129 Å². The van der Waals surface area contributed by atoms with Crippen molar-refractivity contribution in [1.82, 2.24) is 9.97 Å². The first kappa shape index (κ1) is 13.8. The van der Waals surface area contributed by atoms with Crippen molar-refractivity contribution >= 4 is 5.69 Å². The van der Waals surface area contributed by atoms with Gasteiger partial charge < -0.3 is 5.32 Å². The van der Waals surface area contributed by atoms with Gasteiger partial charge in [-0.1, -0.05) is 36.4 Å². The Kier molecular flexibility index (Phi) is 4.08. The van der Waals surface area contributed by atoms with Crippen LogP contribution in [0.4, 0.5) is 5.69 Å². The Balaban J connectivity index is 1.94. The van der Waals surface area contributed by atoms with Crippen molar-refractivity contribution in [2.24, 2.45) is 0 Å². The summed E-state index contributed by atoms with van der Waals surface area (Å²) in [5.41, 5.74) is 3.29. The molecule has 0 fully saturated rings. The number of hydrogen-bond donors (Lipinski definition) is 1. The van der Waals surface area contributed by atoms with Gasteiger partial charge in [-0.05, 0) is 29.8 Å². The Morgan fingerprint density at radius 2 is 1.73 bits per heavy atom. The number of pyridine rings is 2. The van der Waals surface area contributed by atoms with Gasteiger partial charge in [-0.2, -0.15) is 5.26 Å². The Hall–Kier alpha value is -3.19. The SMILES string of the molecule is N#Cc1ccc(NC(c2ccccc2)c2ccccn2)cn1. The second-order valence-corrected chi connectivity index (χ2v) is 4.79. The number of aromatic nitrogens is 2. The second kappa shape index (κ2) is 6.51. The summed E-state index contributed by atoms with van der Waals surface area (Å²) in [5.74, 6) is 0. The molecule has 1 unspecified atom stereocenters. The lowest BCUT2D eigenvalue weighted by Crippen LogP contribution is -2.13. The number of nitrogens with zero attached hydrogens (tertiary/aromatic N) is 3. The molecule has 4 heteroatoms. The lowest BCUT2D eigenvalue weighted by molar-refractivity contribution is 0.885. The number of benzene rings is 1. The molecule has 3 rings (SSSR count). The van der Waals surface area contributed by atoms with Crippen molar-refractivity contribution in [1.29, 1.82) is 5.26 Å². The van der Waals surface area contributed by atoms with Crippen LogP contribution in [0.25, 0.3) is 0 Å². The quantitative estimate of drug-likeness (QED) is 0.796. The standard InChI is InChI=1S/C18H14N4/c19-12-15-9-10-16(13-21-15)22-18(14-6-2-1-3-7-14)17-8-4-5-11-20-17/h1-11,13,18,22H. The summed E-state index contributed by atoms with van der Waals surface area (Å²) < 4.78 is 0. The summed E-state index contributed by atoms with van der Waals surface area (Å²) in [6.07, 6.45) is 3.45. The van der Waals surface area contributed by atoms with Crippen LogP contribution in [0.2, 0.25) is 0 Å². The molecule has 22 heavy (non-hydrogen) atoms. The summed E-state index contributed by atoms with van der Waals surface area (Å²) in [6, 6.07) is 21.5. The van der Waals surface area contributed by atoms with Crippen LogP contribution in [0.3, 0.4) is 0 Å². The Bertz CT molecular complexity index is 722. The van der Waals surface area contributed by atoms with Crippen molar-refractivity contribution in [3.8, 4) is 6.07 Å². The third-order valence-electron chi connectivity index (χ3n) is 3.31. The molecule has 1 N–H and O–H groups in total. The molecule has 3 aromatic rings. The summed E-state index contributed by atoms with van der Waals surface area (Å²) >= 11 is 0. The summed E-state index contributed by atoms with van der Waals surface area (Å²) in [7, 11) is 0. The number of nitriles is 1. The molecule has 1 atom stereocenters. The molecule has 0 saturated carbocycles. The van der Waals surface area contributed by atoms with Gasteiger partial charge in [0.2, 0.25) is 0 Å². The zero-order valence-corrected chi connectivity index (χ0v) is 11.8. The van der Waals surface area contributed by atoms with Gasteiger partial charge in [-0.3, -0.25) is 4.98 Å². The van der Waals surface area contributed by atoms with Gasteiger partial charge in [0.25, 0.3) is 0 Å². The topological polar surface area (TPSA) is 61.6 Å². The van der Waals surface area contributed by atoms with Crippen molar-refractivity contribution in [3.05, 3.63) is 90.0 Å². The molecule has 1 aromatic carbocycles. The van der Waals surface area contributed by atoms with E-state index in [4.69, 9.17) is 5.26 Å². The maximum absolute atomic E-state index is 8.82. The summed E-state index contributed by atoms with van der Waals surface area (Å²) in [6.45, 7) is 0. The highest BCUT2D eigenvalue weighted by atomic mass is 15.0. The van der Waals surface area contributed by atoms with E-state index in [1.54, 1.807) is 18.5 Å². The maximum Gasteiger partial charge on any atom is 0.140 e. The maximum atomic E-state index is 8.82. The molecule has 0 aliphatic heterocycles. The van der Waals surface area contributed by atoms with E-state index < -0.39 is 0 Å². The predicted molar refractivity (Wildman–Crippen MR) is 85.1 cm³/mol. The van der Waals surface area contributed by atoms with E-state index in [-0.39, 0.29) is 6.04 Å². The first-order valence-electron chi connectivity index (χ1n) is 6.95. The monoisotopic (exact) mass is 286 g/mol. The third kappa shape index (κ3) is 3.10. The molecule has 0 radical (unpaired) electrons. The highest BCUT2D eigenvalue weighted by molar-refractivity contribution is 5.47. The largest absolute Gasteiger partial charge is 0.372 e. The van der Waals surface area contributed by atoms with Gasteiger partial charge in [0, 0.05) is 6.20 Å². The molecule has 0 saturated heterocycles. The van der Waals surface area contributed by atoms with Gasteiger partial charge in [-0.15, -0.1) is 0 Å². The fourth-order valence-corrected chi connectivity index (χ4v) is 2.23. The van der Waals surface area contributed by atoms with Gasteiger partial charge in [0.15, 0.2) is 0 Å². The average Bonchev–Trinajstić information content (AvgIpc) is 2.62. The van der Waals surface area contributed by atoms with E-state index in [0.29, 0.717) is 5.69 Å². The second-order valence-electron chi connectivity index (χ2n) is 4.79. The molecule has 2 heterocycles. The van der Waals surface area contributed by atoms with Crippen LogP contribution in [-0.4, -0.2) is 9.97 Å². The van der Waals surface area contributed by atoms with E-state index in [1.165, 1.54) is 0 Å². The summed E-state index contributed by atoms with van der Waals surface area (Å²) in [5, 5.41) is 12.3. The molecule has 0 bridgehead atoms. The average molecular weight is 286 g/mol. The minimum atomic E-state index is -0.0721. The minimum Gasteiger partial charge on any atom is -0.372 e. The van der Waals surface area contributed by atoms with E-state index in [1.807, 2.05) is 48.5 Å². The first-order chi connectivity index (χ1) is 10.9. The van der Waals surface area contributed by atoms with Crippen molar-refractivity contribution in [3.63, 3.8) is 0 Å². The number of nitrogens with one attached hydrogen (secondary N) is 1. The molecule has 0 aliphatic rings. The van der Waals surface area contributed by atoms with Gasteiger partial charge in [0.1, 0.15) is 11.8 Å². The molecule has 2 aromatic heterocycles. The van der Waals surface area contributed by atoms with Crippen molar-refractivity contribution < 1.29 is 0 Å². The highest BCUT2D eigenvalue weighted by Gasteiger charge is 2.14. The smallest absolute Gasteiger partial charge is 0.140 e. The zero-order valence-electron chi connectivity index (χ0n) is 11.8. The normalized spacial score (nSPS) is 11.4. The Morgan fingerprint density at radius 1 is 0.909 bits per heavy atom. The van der Waals surface area contributed by atoms with E-state index in [9.17, 15) is 0 Å². The fraction of sp³-hybridized carbons (Fsp3) is 0.0556. The molecule has 0 spiro atoms. The number of rotatable bonds is 4. The van der Waals surface area contributed by atoms with Crippen LogP contribution in [0.5, 0.6) is 0 Å². The van der Waals surface area contributed by atoms with Crippen LogP contribution in [0, 0.1) is 11.3 Å². The zero-order chi connectivity index (χ0) is 15.2. The van der Waals surface area contributed by atoms with E-state index in [0.717, 1.165) is 16.9 Å². The van der Waals surface area contributed by atoms with Crippen LogP contribution < -0.4 is 5.32 Å². The highest BCUT2D eigenvalue weighted by Crippen LogP contribution is 2.24. The number of anilines is 1. The van der Waals surface area contributed by atoms with Crippen LogP contribution >= 0.6 is 0 Å². The van der Waals surface area contributed by atoms with Crippen LogP contribution in [0.1, 0.15) is 23.0 Å². The molecule has 0 amide bonds. The van der Waals surface area contributed by atoms with Gasteiger partial charge in [0.05, 0.1) is 23.6 Å². The molecular weight excluding hydrogens is 272 g/mol. The summed E-state index contributed by atoms with van der Waals surface area (Å²) in [4.78, 5) is 8.54. The van der Waals surface area contributed by atoms with E-state index in [2.05, 4.69) is 27.4 Å². The third-order valence-corrected chi connectivity index (χ3v) is 3.31. The van der Waals surface area contributed by atoms with E-state index >= 15 is 0 Å².